The molecule has 1 atom stereocenters. The second-order valence-corrected chi connectivity index (χ2v) is 9.55. The fraction of sp³-hybridized carbons (Fsp3) is 0.652. The summed E-state index contributed by atoms with van der Waals surface area (Å²) >= 11 is 0. The van der Waals surface area contributed by atoms with Gasteiger partial charge in [0.1, 0.15) is 0 Å². The summed E-state index contributed by atoms with van der Waals surface area (Å²) in [5.41, 5.74) is 2.38. The third-order valence-electron chi connectivity index (χ3n) is 5.05. The summed E-state index contributed by atoms with van der Waals surface area (Å²) in [5, 5.41) is 2.97. The molecule has 0 aliphatic carbocycles. The number of amides is 2. The summed E-state index contributed by atoms with van der Waals surface area (Å²) < 4.78 is 0. The maximum absolute atomic E-state index is 13.2. The van der Waals surface area contributed by atoms with Crippen molar-refractivity contribution < 1.29 is 9.59 Å². The first-order valence-corrected chi connectivity index (χ1v) is 10.2. The van der Waals surface area contributed by atoms with Gasteiger partial charge in [0, 0.05) is 49.4 Å². The molecule has 1 aromatic carbocycles. The van der Waals surface area contributed by atoms with Crippen molar-refractivity contribution in [2.45, 2.75) is 68.0 Å². The van der Waals surface area contributed by atoms with Gasteiger partial charge in [-0.1, -0.05) is 48.5 Å². The fourth-order valence-corrected chi connectivity index (χ4v) is 2.89. The number of anilines is 2. The Morgan fingerprint density at radius 1 is 1.04 bits per heavy atom. The van der Waals surface area contributed by atoms with E-state index in [4.69, 9.17) is 0 Å². The lowest BCUT2D eigenvalue weighted by Crippen LogP contribution is -2.46. The predicted molar refractivity (Wildman–Crippen MR) is 119 cm³/mol. The molecule has 0 saturated heterocycles. The van der Waals surface area contributed by atoms with E-state index in [0.29, 0.717) is 12.5 Å². The van der Waals surface area contributed by atoms with Crippen LogP contribution in [0.5, 0.6) is 0 Å². The van der Waals surface area contributed by atoms with Crippen LogP contribution in [0.2, 0.25) is 0 Å². The van der Waals surface area contributed by atoms with Crippen molar-refractivity contribution in [1.29, 1.82) is 0 Å². The largest absolute Gasteiger partial charge is 0.377 e. The molecule has 0 fully saturated rings. The lowest BCUT2D eigenvalue weighted by molar-refractivity contribution is -0.143. The third kappa shape index (κ3) is 6.25. The zero-order chi connectivity index (χ0) is 21.8. The second kappa shape index (κ2) is 9.44. The predicted octanol–water partition coefficient (Wildman–Crippen LogP) is 4.77. The van der Waals surface area contributed by atoms with E-state index in [1.807, 2.05) is 76.7 Å². The van der Waals surface area contributed by atoms with Gasteiger partial charge in [-0.15, -0.1) is 0 Å². The van der Waals surface area contributed by atoms with Gasteiger partial charge in [-0.05, 0) is 36.6 Å². The van der Waals surface area contributed by atoms with E-state index in [9.17, 15) is 9.59 Å². The summed E-state index contributed by atoms with van der Waals surface area (Å²) in [6.45, 7) is 16.5. The van der Waals surface area contributed by atoms with E-state index in [1.165, 1.54) is 0 Å². The van der Waals surface area contributed by atoms with Crippen LogP contribution in [-0.4, -0.2) is 36.9 Å². The normalized spacial score (nSPS) is 12.9. The Morgan fingerprint density at radius 2 is 1.61 bits per heavy atom. The Balaban J connectivity index is 3.35. The van der Waals surface area contributed by atoms with Crippen LogP contribution < -0.4 is 10.2 Å². The van der Waals surface area contributed by atoms with Crippen molar-refractivity contribution in [2.24, 2.45) is 17.3 Å². The molecule has 0 aromatic heterocycles. The van der Waals surface area contributed by atoms with Gasteiger partial charge in [-0.25, -0.2) is 0 Å². The highest BCUT2D eigenvalue weighted by molar-refractivity contribution is 5.92. The molecule has 0 aliphatic rings. The van der Waals surface area contributed by atoms with Crippen molar-refractivity contribution in [3.8, 4) is 0 Å². The number of nitrogens with zero attached hydrogens (tertiary/aromatic N) is 2. The summed E-state index contributed by atoms with van der Waals surface area (Å²) in [6.07, 6.45) is 0. The van der Waals surface area contributed by atoms with Gasteiger partial charge >= 0.3 is 0 Å². The Hall–Kier alpha value is -2.04. The molecular weight excluding hydrogens is 350 g/mol. The van der Waals surface area contributed by atoms with Gasteiger partial charge in [0.15, 0.2) is 0 Å². The zero-order valence-corrected chi connectivity index (χ0v) is 19.4. The van der Waals surface area contributed by atoms with Crippen LogP contribution in [0.15, 0.2) is 18.2 Å². The van der Waals surface area contributed by atoms with Crippen LogP contribution in [0.3, 0.4) is 0 Å². The average molecular weight is 390 g/mol. The summed E-state index contributed by atoms with van der Waals surface area (Å²) in [6, 6.07) is 6.02. The number of carbonyl (C=O) groups excluding carboxylic acids is 2. The molecule has 0 saturated carbocycles. The Kier molecular flexibility index (Phi) is 8.09. The van der Waals surface area contributed by atoms with Crippen molar-refractivity contribution in [1.82, 2.24) is 4.90 Å². The Bertz CT molecular complexity index is 688. The summed E-state index contributed by atoms with van der Waals surface area (Å²) in [5.74, 6) is 0.381. The van der Waals surface area contributed by atoms with Crippen LogP contribution in [0.1, 0.15) is 61.0 Å². The minimum atomic E-state index is -0.453. The first-order chi connectivity index (χ1) is 12.8. The molecule has 0 bridgehead atoms. The van der Waals surface area contributed by atoms with Crippen LogP contribution in [0.4, 0.5) is 11.4 Å². The number of carbonyl (C=O) groups is 2. The lowest BCUT2D eigenvalue weighted by atomic mass is 9.92. The van der Waals surface area contributed by atoms with Crippen molar-refractivity contribution in [2.75, 3.05) is 24.3 Å². The molecule has 5 heteroatoms. The monoisotopic (exact) mass is 389 g/mol. The zero-order valence-electron chi connectivity index (χ0n) is 19.4. The second-order valence-electron chi connectivity index (χ2n) is 9.55. The molecule has 0 aliphatic heterocycles. The minimum Gasteiger partial charge on any atom is -0.377 e. The number of nitrogens with one attached hydrogen (secondary N) is 1. The van der Waals surface area contributed by atoms with Crippen LogP contribution in [0, 0.1) is 17.3 Å². The Morgan fingerprint density at radius 3 is 2.04 bits per heavy atom. The van der Waals surface area contributed by atoms with Crippen molar-refractivity contribution in [3.05, 3.63) is 23.8 Å². The van der Waals surface area contributed by atoms with E-state index in [1.54, 1.807) is 0 Å². The molecule has 5 nitrogen and oxygen atoms in total. The van der Waals surface area contributed by atoms with Gasteiger partial charge in [0.2, 0.25) is 11.8 Å². The summed E-state index contributed by atoms with van der Waals surface area (Å²) in [7, 11) is 3.99. The molecule has 0 spiro atoms. The summed E-state index contributed by atoms with van der Waals surface area (Å²) in [4.78, 5) is 29.3. The standard InChI is InChI=1S/C23H39N3O2/c1-15(2)17(5)26(22(28)23(6,7)8)14-18-13-19(24-21(27)16(3)4)11-12-20(18)25(9)10/h11-13,15-17H,14H2,1-10H3,(H,24,27). The van der Waals surface area contributed by atoms with Gasteiger partial charge in [0.25, 0.3) is 0 Å². The Labute approximate surface area is 171 Å². The SMILES string of the molecule is CC(C)C(=O)Nc1ccc(N(C)C)c(CN(C(=O)C(C)(C)C)C(C)C(C)C)c1. The molecule has 1 N–H and O–H groups in total. The van der Waals surface area contributed by atoms with Crippen LogP contribution in [0.25, 0.3) is 0 Å². The molecule has 0 heterocycles. The quantitative estimate of drug-likeness (QED) is 0.731. The van der Waals surface area contributed by atoms with E-state index < -0.39 is 5.41 Å². The maximum atomic E-state index is 13.2. The molecule has 1 aromatic rings. The van der Waals surface area contributed by atoms with Gasteiger partial charge < -0.3 is 15.1 Å². The first kappa shape index (κ1) is 24.0. The molecule has 2 amide bonds. The highest BCUT2D eigenvalue weighted by Gasteiger charge is 2.32. The molecule has 158 valence electrons. The molecule has 1 rings (SSSR count). The van der Waals surface area contributed by atoms with Gasteiger partial charge in [-0.2, -0.15) is 0 Å². The van der Waals surface area contributed by atoms with Crippen LogP contribution in [-0.2, 0) is 16.1 Å². The van der Waals surface area contributed by atoms with Crippen molar-refractivity contribution in [3.63, 3.8) is 0 Å². The molecule has 28 heavy (non-hydrogen) atoms. The van der Waals surface area contributed by atoms with E-state index in [2.05, 4.69) is 26.1 Å². The molecule has 0 radical (unpaired) electrons. The smallest absolute Gasteiger partial charge is 0.228 e. The number of benzene rings is 1. The highest BCUT2D eigenvalue weighted by atomic mass is 16.2. The highest BCUT2D eigenvalue weighted by Crippen LogP contribution is 2.29. The lowest BCUT2D eigenvalue weighted by Gasteiger charge is -2.37. The van der Waals surface area contributed by atoms with Crippen LogP contribution >= 0.6 is 0 Å². The molecular formula is C23H39N3O2. The number of hydrogen-bond acceptors (Lipinski definition) is 3. The van der Waals surface area contributed by atoms with Gasteiger partial charge in [-0.3, -0.25) is 9.59 Å². The molecule has 1 unspecified atom stereocenters. The third-order valence-corrected chi connectivity index (χ3v) is 5.05. The van der Waals surface area contributed by atoms with Gasteiger partial charge in [0.05, 0.1) is 0 Å². The number of hydrogen-bond donors (Lipinski definition) is 1. The topological polar surface area (TPSA) is 52.7 Å². The number of rotatable bonds is 7. The van der Waals surface area contributed by atoms with E-state index in [0.717, 1.165) is 16.9 Å². The first-order valence-electron chi connectivity index (χ1n) is 10.2. The van der Waals surface area contributed by atoms with E-state index in [-0.39, 0.29) is 23.8 Å². The van der Waals surface area contributed by atoms with E-state index >= 15 is 0 Å². The fourth-order valence-electron chi connectivity index (χ4n) is 2.89. The average Bonchev–Trinajstić information content (AvgIpc) is 2.57. The van der Waals surface area contributed by atoms with Crippen molar-refractivity contribution >= 4 is 23.2 Å². The maximum Gasteiger partial charge on any atom is 0.228 e. The minimum absolute atomic E-state index is 0.0123.